The minimum atomic E-state index is -3.47. The van der Waals surface area contributed by atoms with Crippen molar-refractivity contribution in [2.24, 2.45) is 0 Å². The van der Waals surface area contributed by atoms with Gasteiger partial charge in [-0.1, -0.05) is 6.07 Å². The highest BCUT2D eigenvalue weighted by molar-refractivity contribution is 7.90. The van der Waals surface area contributed by atoms with Crippen LogP contribution in [0.25, 0.3) is 22.3 Å². The summed E-state index contributed by atoms with van der Waals surface area (Å²) in [4.78, 5) is 32.5. The molecule has 0 saturated carbocycles. The lowest BCUT2D eigenvalue weighted by Gasteiger charge is -2.24. The topological polar surface area (TPSA) is 138 Å². The number of pyridine rings is 4. The number of nitrogens with zero attached hydrogens (tertiary/aromatic N) is 5. The first-order valence-corrected chi connectivity index (χ1v) is 13.7. The fourth-order valence-electron chi connectivity index (χ4n) is 4.37. The van der Waals surface area contributed by atoms with E-state index < -0.39 is 15.7 Å². The summed E-state index contributed by atoms with van der Waals surface area (Å²) in [5.41, 5.74) is 2.89. The molecule has 1 saturated heterocycles. The maximum absolute atomic E-state index is 12.6. The summed E-state index contributed by atoms with van der Waals surface area (Å²) in [7, 11) is -3.47. The molecule has 1 atom stereocenters. The number of amides is 1. The summed E-state index contributed by atoms with van der Waals surface area (Å²) in [6.45, 7) is 1.10. The van der Waals surface area contributed by atoms with Crippen LogP contribution >= 0.6 is 0 Å². The van der Waals surface area contributed by atoms with Gasteiger partial charge in [0.05, 0.1) is 52.3 Å². The van der Waals surface area contributed by atoms with Crippen LogP contribution in [-0.4, -0.2) is 64.8 Å². The third-order valence-electron chi connectivity index (χ3n) is 6.34. The largest absolute Gasteiger partial charge is 0.394 e. The molecule has 1 fully saturated rings. The maximum Gasteiger partial charge on any atom is 0.253 e. The summed E-state index contributed by atoms with van der Waals surface area (Å²) in [5, 5.41) is 13.3. The van der Waals surface area contributed by atoms with E-state index in [2.05, 4.69) is 20.2 Å². The van der Waals surface area contributed by atoms with Gasteiger partial charge in [-0.05, 0) is 49.2 Å². The van der Waals surface area contributed by atoms with E-state index in [-0.39, 0.29) is 29.7 Å². The van der Waals surface area contributed by atoms with Crippen molar-refractivity contribution in [1.82, 2.24) is 25.3 Å². The Bertz CT molecular complexity index is 1580. The second-order valence-electron chi connectivity index (χ2n) is 8.98. The van der Waals surface area contributed by atoms with Crippen molar-refractivity contribution >= 4 is 32.5 Å². The third kappa shape index (κ3) is 5.42. The highest BCUT2D eigenvalue weighted by atomic mass is 32.2. The molecule has 0 unspecified atom stereocenters. The predicted molar refractivity (Wildman–Crippen MR) is 139 cm³/mol. The Labute approximate surface area is 214 Å². The molecule has 0 spiro atoms. The SMILES string of the molecule is CS(=O)(=O)c1cncc(C(=O)NCc2cc3nc(-c4cccc(N5CCC[C@H]5CO)n4)ccc3cn2)c1. The molecule has 37 heavy (non-hydrogen) atoms. The molecule has 10 nitrogen and oxygen atoms in total. The molecule has 2 N–H and O–H groups in total. The summed E-state index contributed by atoms with van der Waals surface area (Å²) in [5.74, 6) is 0.370. The number of aromatic nitrogens is 4. The lowest BCUT2D eigenvalue weighted by Crippen LogP contribution is -2.32. The van der Waals surface area contributed by atoms with E-state index in [0.717, 1.165) is 42.5 Å². The van der Waals surface area contributed by atoms with Gasteiger partial charge in [0.25, 0.3) is 5.91 Å². The van der Waals surface area contributed by atoms with Crippen LogP contribution in [0.5, 0.6) is 0 Å². The Morgan fingerprint density at radius 2 is 1.95 bits per heavy atom. The van der Waals surface area contributed by atoms with E-state index >= 15 is 0 Å². The molecular formula is C26H26N6O4S. The van der Waals surface area contributed by atoms with Crippen molar-refractivity contribution in [1.29, 1.82) is 0 Å². The lowest BCUT2D eigenvalue weighted by atomic mass is 10.2. The molecule has 1 aliphatic heterocycles. The Balaban J connectivity index is 1.35. The number of nitrogens with one attached hydrogen (secondary N) is 1. The molecular weight excluding hydrogens is 492 g/mol. The summed E-state index contributed by atoms with van der Waals surface area (Å²) in [6.07, 6.45) is 7.26. The van der Waals surface area contributed by atoms with Crippen molar-refractivity contribution < 1.29 is 18.3 Å². The Morgan fingerprint density at radius 3 is 2.76 bits per heavy atom. The van der Waals surface area contributed by atoms with Gasteiger partial charge in [-0.25, -0.2) is 18.4 Å². The standard InChI is InChI=1S/C26H26N6O4S/c1-37(35,36)21-10-18(12-27-15-21)26(34)29-14-19-11-24-17(13-28-19)7-8-23(30-24)22-5-2-6-25(31-22)32-9-3-4-20(32)16-33/h2,5-8,10-13,15,20,33H,3-4,9,14,16H2,1H3,(H,29,34)/t20-/m0/s1. The van der Waals surface area contributed by atoms with Crippen LogP contribution in [0, 0.1) is 0 Å². The number of aliphatic hydroxyl groups is 1. The van der Waals surface area contributed by atoms with Crippen LogP contribution in [0.3, 0.4) is 0 Å². The van der Waals surface area contributed by atoms with Crippen LogP contribution < -0.4 is 10.2 Å². The average Bonchev–Trinajstić information content (AvgIpc) is 3.40. The number of hydrogen-bond donors (Lipinski definition) is 2. The van der Waals surface area contributed by atoms with E-state index in [1.807, 2.05) is 30.3 Å². The van der Waals surface area contributed by atoms with Gasteiger partial charge in [-0.3, -0.25) is 14.8 Å². The van der Waals surface area contributed by atoms with E-state index in [9.17, 15) is 18.3 Å². The smallest absolute Gasteiger partial charge is 0.253 e. The van der Waals surface area contributed by atoms with Gasteiger partial charge >= 0.3 is 0 Å². The van der Waals surface area contributed by atoms with Gasteiger partial charge < -0.3 is 15.3 Å². The highest BCUT2D eigenvalue weighted by Crippen LogP contribution is 2.27. The number of sulfone groups is 1. The molecule has 1 aliphatic rings. The van der Waals surface area contributed by atoms with Crippen LogP contribution in [0.15, 0.2) is 66.0 Å². The van der Waals surface area contributed by atoms with Crippen LogP contribution in [0.1, 0.15) is 28.9 Å². The monoisotopic (exact) mass is 518 g/mol. The Hall–Kier alpha value is -3.96. The lowest BCUT2D eigenvalue weighted by molar-refractivity contribution is 0.0950. The van der Waals surface area contributed by atoms with Gasteiger partial charge in [0.2, 0.25) is 0 Å². The third-order valence-corrected chi connectivity index (χ3v) is 7.42. The molecule has 190 valence electrons. The molecule has 11 heteroatoms. The average molecular weight is 519 g/mol. The molecule has 0 bridgehead atoms. The number of rotatable bonds is 7. The predicted octanol–water partition coefficient (Wildman–Crippen LogP) is 2.38. The van der Waals surface area contributed by atoms with Crippen molar-refractivity contribution in [3.8, 4) is 11.4 Å². The summed E-state index contributed by atoms with van der Waals surface area (Å²) in [6, 6.07) is 12.8. The maximum atomic E-state index is 12.6. The van der Waals surface area contributed by atoms with Gasteiger partial charge in [0.15, 0.2) is 9.84 Å². The number of fused-ring (bicyclic) bond motifs is 1. The van der Waals surface area contributed by atoms with Crippen LogP contribution in [0.2, 0.25) is 0 Å². The second kappa shape index (κ2) is 10.2. The van der Waals surface area contributed by atoms with Crippen molar-refractivity contribution in [3.63, 3.8) is 0 Å². The zero-order valence-corrected chi connectivity index (χ0v) is 21.0. The molecule has 0 aromatic carbocycles. The van der Waals surface area contributed by atoms with Gasteiger partial charge in [0, 0.05) is 36.8 Å². The quantitative estimate of drug-likeness (QED) is 0.378. The first kappa shape index (κ1) is 24.7. The molecule has 4 aromatic heterocycles. The minimum Gasteiger partial charge on any atom is -0.394 e. The fraction of sp³-hybridized carbons (Fsp3) is 0.269. The second-order valence-corrected chi connectivity index (χ2v) is 11.0. The Kier molecular flexibility index (Phi) is 6.81. The summed E-state index contributed by atoms with van der Waals surface area (Å²) >= 11 is 0. The van der Waals surface area contributed by atoms with E-state index in [0.29, 0.717) is 16.9 Å². The first-order valence-electron chi connectivity index (χ1n) is 11.9. The fourth-order valence-corrected chi connectivity index (χ4v) is 4.96. The van der Waals surface area contributed by atoms with Crippen molar-refractivity contribution in [2.45, 2.75) is 30.3 Å². The van der Waals surface area contributed by atoms with Gasteiger partial charge in [0.1, 0.15) is 5.82 Å². The number of carbonyl (C=O) groups is 1. The number of carbonyl (C=O) groups excluding carboxylic acids is 1. The molecule has 4 aromatic rings. The summed E-state index contributed by atoms with van der Waals surface area (Å²) < 4.78 is 23.5. The molecule has 0 aliphatic carbocycles. The number of aliphatic hydroxyl groups excluding tert-OH is 1. The van der Waals surface area contributed by atoms with Crippen LogP contribution in [-0.2, 0) is 16.4 Å². The van der Waals surface area contributed by atoms with E-state index in [1.165, 1.54) is 18.5 Å². The van der Waals surface area contributed by atoms with Crippen LogP contribution in [0.4, 0.5) is 5.82 Å². The normalized spacial score (nSPS) is 15.7. The van der Waals surface area contributed by atoms with E-state index in [4.69, 9.17) is 9.97 Å². The molecule has 0 radical (unpaired) electrons. The minimum absolute atomic E-state index is 0.0185. The van der Waals surface area contributed by atoms with Gasteiger partial charge in [-0.15, -0.1) is 0 Å². The first-order chi connectivity index (χ1) is 17.8. The number of anilines is 1. The van der Waals surface area contributed by atoms with Gasteiger partial charge in [-0.2, -0.15) is 0 Å². The zero-order chi connectivity index (χ0) is 26.0. The van der Waals surface area contributed by atoms with Crippen molar-refractivity contribution in [3.05, 3.63) is 72.3 Å². The van der Waals surface area contributed by atoms with E-state index in [1.54, 1.807) is 12.3 Å². The molecule has 5 rings (SSSR count). The number of hydrogen-bond acceptors (Lipinski definition) is 9. The molecule has 1 amide bonds. The molecule has 5 heterocycles. The zero-order valence-electron chi connectivity index (χ0n) is 20.2. The highest BCUT2D eigenvalue weighted by Gasteiger charge is 2.25. The van der Waals surface area contributed by atoms with Crippen molar-refractivity contribution in [2.75, 3.05) is 24.3 Å². The Morgan fingerprint density at radius 1 is 1.11 bits per heavy atom.